The molecule has 3 amide bonds. The summed E-state index contributed by atoms with van der Waals surface area (Å²) in [4.78, 5) is 38.1. The third kappa shape index (κ3) is 5.75. The van der Waals surface area contributed by atoms with Gasteiger partial charge in [-0.2, -0.15) is 0 Å². The topological polar surface area (TPSA) is 106 Å². The summed E-state index contributed by atoms with van der Waals surface area (Å²) in [5, 5.41) is 5.32. The highest BCUT2D eigenvalue weighted by atomic mass is 16.7. The standard InChI is InChI=1S/C20H27N3O6/c1-20(2,3)29-19(26)21-11-17(24)22-14-6-8-23(9-7-14)18(25)13-4-5-15-16(10-13)28-12-27-15/h4-5,10,14H,6-9,11-12H2,1-3H3,(H,21,26)(H,22,24). The molecule has 2 aliphatic rings. The largest absolute Gasteiger partial charge is 0.454 e. The molecule has 9 nitrogen and oxygen atoms in total. The molecule has 0 unspecified atom stereocenters. The van der Waals surface area contributed by atoms with Gasteiger partial charge in [-0.05, 0) is 51.8 Å². The molecule has 3 rings (SSSR count). The summed E-state index contributed by atoms with van der Waals surface area (Å²) < 4.78 is 15.7. The zero-order valence-electron chi connectivity index (χ0n) is 16.9. The molecule has 2 N–H and O–H groups in total. The number of benzene rings is 1. The Morgan fingerprint density at radius 2 is 1.83 bits per heavy atom. The Balaban J connectivity index is 1.41. The molecule has 2 heterocycles. The Bertz CT molecular complexity index is 781. The summed E-state index contributed by atoms with van der Waals surface area (Å²) in [6, 6.07) is 5.12. The molecule has 29 heavy (non-hydrogen) atoms. The molecule has 0 atom stereocenters. The predicted molar refractivity (Wildman–Crippen MR) is 104 cm³/mol. The summed E-state index contributed by atoms with van der Waals surface area (Å²) in [5.41, 5.74) is -0.0592. The summed E-state index contributed by atoms with van der Waals surface area (Å²) in [5.74, 6) is 0.870. The highest BCUT2D eigenvalue weighted by Crippen LogP contribution is 2.33. The molecule has 0 saturated carbocycles. The van der Waals surface area contributed by atoms with Gasteiger partial charge in [0.05, 0.1) is 0 Å². The lowest BCUT2D eigenvalue weighted by Crippen LogP contribution is -2.49. The monoisotopic (exact) mass is 405 g/mol. The van der Waals surface area contributed by atoms with Crippen LogP contribution in [0.4, 0.5) is 4.79 Å². The Hall–Kier alpha value is -2.97. The molecular formula is C20H27N3O6. The van der Waals surface area contributed by atoms with Gasteiger partial charge in [0.2, 0.25) is 12.7 Å². The van der Waals surface area contributed by atoms with Crippen LogP contribution in [0.3, 0.4) is 0 Å². The van der Waals surface area contributed by atoms with E-state index in [0.717, 1.165) is 0 Å². The second-order valence-electron chi connectivity index (χ2n) is 8.06. The van der Waals surface area contributed by atoms with E-state index in [1.807, 2.05) is 0 Å². The van der Waals surface area contributed by atoms with E-state index in [4.69, 9.17) is 14.2 Å². The zero-order valence-corrected chi connectivity index (χ0v) is 16.9. The van der Waals surface area contributed by atoms with Crippen LogP contribution in [0.2, 0.25) is 0 Å². The summed E-state index contributed by atoms with van der Waals surface area (Å²) in [6.45, 7) is 6.36. The number of nitrogens with zero attached hydrogens (tertiary/aromatic N) is 1. The minimum Gasteiger partial charge on any atom is -0.454 e. The molecule has 158 valence electrons. The van der Waals surface area contributed by atoms with Crippen LogP contribution in [0.25, 0.3) is 0 Å². The highest BCUT2D eigenvalue weighted by Gasteiger charge is 2.26. The summed E-state index contributed by atoms with van der Waals surface area (Å²) >= 11 is 0. The number of alkyl carbamates (subject to hydrolysis) is 1. The van der Waals surface area contributed by atoms with Crippen molar-refractivity contribution in [1.29, 1.82) is 0 Å². The van der Waals surface area contributed by atoms with Crippen LogP contribution >= 0.6 is 0 Å². The first kappa shape index (κ1) is 20.8. The van der Waals surface area contributed by atoms with Crippen LogP contribution in [0.15, 0.2) is 18.2 Å². The molecule has 9 heteroatoms. The van der Waals surface area contributed by atoms with Crippen molar-refractivity contribution in [1.82, 2.24) is 15.5 Å². The van der Waals surface area contributed by atoms with Gasteiger partial charge >= 0.3 is 6.09 Å². The van der Waals surface area contributed by atoms with E-state index in [-0.39, 0.29) is 31.2 Å². The normalized spacial score (nSPS) is 16.3. The van der Waals surface area contributed by atoms with Crippen LogP contribution in [-0.4, -0.2) is 60.9 Å². The van der Waals surface area contributed by atoms with Gasteiger partial charge in [-0.25, -0.2) is 4.79 Å². The quantitative estimate of drug-likeness (QED) is 0.789. The lowest BCUT2D eigenvalue weighted by atomic mass is 10.0. The van der Waals surface area contributed by atoms with Crippen LogP contribution < -0.4 is 20.1 Å². The van der Waals surface area contributed by atoms with Crippen LogP contribution in [0.5, 0.6) is 11.5 Å². The third-order valence-electron chi connectivity index (χ3n) is 4.56. The number of fused-ring (bicyclic) bond motifs is 1. The van der Waals surface area contributed by atoms with Crippen LogP contribution in [-0.2, 0) is 9.53 Å². The third-order valence-corrected chi connectivity index (χ3v) is 4.56. The fourth-order valence-electron chi connectivity index (χ4n) is 3.18. The van der Waals surface area contributed by atoms with E-state index in [9.17, 15) is 14.4 Å². The zero-order chi connectivity index (χ0) is 21.0. The maximum Gasteiger partial charge on any atom is 0.408 e. The number of likely N-dealkylation sites (tertiary alicyclic amines) is 1. The fourth-order valence-corrected chi connectivity index (χ4v) is 3.18. The van der Waals surface area contributed by atoms with Crippen molar-refractivity contribution in [2.24, 2.45) is 0 Å². The van der Waals surface area contributed by atoms with Gasteiger partial charge in [0.25, 0.3) is 5.91 Å². The van der Waals surface area contributed by atoms with Crippen molar-refractivity contribution >= 4 is 17.9 Å². The SMILES string of the molecule is CC(C)(C)OC(=O)NCC(=O)NC1CCN(C(=O)c2ccc3c(c2)OCO3)CC1. The molecule has 1 aromatic rings. The molecule has 0 bridgehead atoms. The second kappa shape index (κ2) is 8.59. The van der Waals surface area contributed by atoms with Gasteiger partial charge in [0.1, 0.15) is 12.1 Å². The lowest BCUT2D eigenvalue weighted by Gasteiger charge is -2.32. The average Bonchev–Trinajstić information content (AvgIpc) is 3.13. The minimum atomic E-state index is -0.628. The second-order valence-corrected chi connectivity index (χ2v) is 8.06. The van der Waals surface area contributed by atoms with Crippen LogP contribution in [0.1, 0.15) is 44.0 Å². The molecule has 1 aromatic carbocycles. The number of carbonyl (C=O) groups excluding carboxylic acids is 3. The van der Waals surface area contributed by atoms with Gasteiger partial charge in [0.15, 0.2) is 11.5 Å². The lowest BCUT2D eigenvalue weighted by molar-refractivity contribution is -0.121. The van der Waals surface area contributed by atoms with Gasteiger partial charge in [-0.1, -0.05) is 0 Å². The molecule has 0 spiro atoms. The van der Waals surface area contributed by atoms with E-state index in [2.05, 4.69) is 10.6 Å². The smallest absolute Gasteiger partial charge is 0.408 e. The number of piperidine rings is 1. The number of ether oxygens (including phenoxy) is 3. The first-order valence-electron chi connectivity index (χ1n) is 9.66. The molecule has 1 fully saturated rings. The Morgan fingerprint density at radius 1 is 1.14 bits per heavy atom. The van der Waals surface area contributed by atoms with Crippen molar-refractivity contribution in [3.05, 3.63) is 23.8 Å². The van der Waals surface area contributed by atoms with Gasteiger partial charge < -0.3 is 29.7 Å². The Kier molecular flexibility index (Phi) is 6.14. The van der Waals surface area contributed by atoms with Crippen molar-refractivity contribution in [2.75, 3.05) is 26.4 Å². The molecule has 0 aromatic heterocycles. The maximum atomic E-state index is 12.7. The van der Waals surface area contributed by atoms with Crippen molar-refractivity contribution in [3.63, 3.8) is 0 Å². The number of hydrogen-bond donors (Lipinski definition) is 2. The number of nitrogens with one attached hydrogen (secondary N) is 2. The minimum absolute atomic E-state index is 0.0382. The van der Waals surface area contributed by atoms with E-state index < -0.39 is 11.7 Å². The van der Waals surface area contributed by atoms with Gasteiger partial charge in [0, 0.05) is 24.7 Å². The molecule has 0 radical (unpaired) electrons. The molecule has 1 saturated heterocycles. The first-order valence-corrected chi connectivity index (χ1v) is 9.66. The van der Waals surface area contributed by atoms with E-state index in [1.54, 1.807) is 43.9 Å². The maximum absolute atomic E-state index is 12.7. The van der Waals surface area contributed by atoms with Crippen LogP contribution in [0, 0.1) is 0 Å². The Labute approximate surface area is 169 Å². The highest BCUT2D eigenvalue weighted by molar-refractivity contribution is 5.95. The number of rotatable bonds is 4. The fraction of sp³-hybridized carbons (Fsp3) is 0.550. The number of amides is 3. The van der Waals surface area contributed by atoms with Crippen molar-refractivity contribution in [2.45, 2.75) is 45.3 Å². The first-order chi connectivity index (χ1) is 13.7. The predicted octanol–water partition coefficient (Wildman–Crippen LogP) is 1.66. The van der Waals surface area contributed by atoms with Crippen molar-refractivity contribution in [3.8, 4) is 11.5 Å². The molecule has 0 aliphatic carbocycles. The average molecular weight is 405 g/mol. The van der Waals surface area contributed by atoms with Gasteiger partial charge in [-0.15, -0.1) is 0 Å². The van der Waals surface area contributed by atoms with Crippen molar-refractivity contribution < 1.29 is 28.6 Å². The van der Waals surface area contributed by atoms with E-state index in [1.165, 1.54) is 0 Å². The molecule has 2 aliphatic heterocycles. The summed E-state index contributed by atoms with van der Waals surface area (Å²) in [6.07, 6.45) is 0.667. The number of carbonyl (C=O) groups is 3. The van der Waals surface area contributed by atoms with Gasteiger partial charge in [-0.3, -0.25) is 9.59 Å². The number of hydrogen-bond acceptors (Lipinski definition) is 6. The van der Waals surface area contributed by atoms with E-state index in [0.29, 0.717) is 43.0 Å². The Morgan fingerprint density at radius 3 is 2.52 bits per heavy atom. The summed E-state index contributed by atoms with van der Waals surface area (Å²) in [7, 11) is 0. The molecular weight excluding hydrogens is 378 g/mol. The van der Waals surface area contributed by atoms with E-state index >= 15 is 0 Å².